The second-order valence-corrected chi connectivity index (χ2v) is 4.65. The maximum absolute atomic E-state index is 3.85. The van der Waals surface area contributed by atoms with E-state index in [1.54, 1.807) is 0 Å². The molecule has 0 saturated carbocycles. The summed E-state index contributed by atoms with van der Waals surface area (Å²) in [6.07, 6.45) is 8.02. The first kappa shape index (κ1) is 12.0. The van der Waals surface area contributed by atoms with Crippen LogP contribution >= 0.6 is 0 Å². The number of piperidine rings is 1. The number of rotatable bonds is 3. The van der Waals surface area contributed by atoms with Gasteiger partial charge in [-0.05, 0) is 37.8 Å². The Hall–Kier alpha value is -1.50. The highest BCUT2D eigenvalue weighted by Crippen LogP contribution is 2.25. The lowest BCUT2D eigenvalue weighted by Gasteiger charge is -2.31. The molecule has 0 unspecified atom stereocenters. The van der Waals surface area contributed by atoms with Crippen molar-refractivity contribution in [2.45, 2.75) is 26.2 Å². The molecule has 1 aliphatic heterocycles. The van der Waals surface area contributed by atoms with Gasteiger partial charge >= 0.3 is 0 Å². The Kier molecular flexibility index (Phi) is 4.03. The summed E-state index contributed by atoms with van der Waals surface area (Å²) in [5.41, 5.74) is 4.01. The standard InChI is InChI=1S/C16H21N/c1-3-9-16(17-12-7-4-8-13-17)15-11-6-5-10-14(15)2/h3,5-6,9-11H,1,4,7-8,12-13H2,2H3/b16-9+. The van der Waals surface area contributed by atoms with Crippen LogP contribution in [0.15, 0.2) is 43.0 Å². The highest BCUT2D eigenvalue weighted by Gasteiger charge is 2.15. The van der Waals surface area contributed by atoms with Gasteiger partial charge in [-0.3, -0.25) is 0 Å². The molecule has 0 N–H and O–H groups in total. The van der Waals surface area contributed by atoms with Crippen LogP contribution in [0.3, 0.4) is 0 Å². The fourth-order valence-electron chi connectivity index (χ4n) is 2.47. The molecule has 1 heterocycles. The number of aryl methyl sites for hydroxylation is 1. The molecular formula is C16H21N. The van der Waals surface area contributed by atoms with Crippen LogP contribution in [0, 0.1) is 6.92 Å². The van der Waals surface area contributed by atoms with E-state index >= 15 is 0 Å². The zero-order valence-corrected chi connectivity index (χ0v) is 10.7. The van der Waals surface area contributed by atoms with E-state index in [4.69, 9.17) is 0 Å². The first-order valence-electron chi connectivity index (χ1n) is 6.46. The third-order valence-corrected chi connectivity index (χ3v) is 3.39. The Morgan fingerprint density at radius 3 is 2.53 bits per heavy atom. The molecular weight excluding hydrogens is 206 g/mol. The molecule has 17 heavy (non-hydrogen) atoms. The predicted molar refractivity (Wildman–Crippen MR) is 74.8 cm³/mol. The Morgan fingerprint density at radius 2 is 1.88 bits per heavy atom. The van der Waals surface area contributed by atoms with E-state index in [9.17, 15) is 0 Å². The number of benzene rings is 1. The van der Waals surface area contributed by atoms with E-state index in [0.717, 1.165) is 0 Å². The highest BCUT2D eigenvalue weighted by molar-refractivity contribution is 5.68. The average Bonchev–Trinajstić information content (AvgIpc) is 2.38. The maximum atomic E-state index is 3.85. The summed E-state index contributed by atoms with van der Waals surface area (Å²) in [5.74, 6) is 0. The zero-order chi connectivity index (χ0) is 12.1. The predicted octanol–water partition coefficient (Wildman–Crippen LogP) is 4.01. The van der Waals surface area contributed by atoms with Crippen LogP contribution in [0.4, 0.5) is 0 Å². The Morgan fingerprint density at radius 1 is 1.18 bits per heavy atom. The molecule has 0 aliphatic carbocycles. The first-order valence-corrected chi connectivity index (χ1v) is 6.46. The normalized spacial score (nSPS) is 17.0. The molecule has 1 aromatic carbocycles. The van der Waals surface area contributed by atoms with Gasteiger partial charge in [0.2, 0.25) is 0 Å². The molecule has 1 heteroatoms. The van der Waals surface area contributed by atoms with Gasteiger partial charge in [-0.15, -0.1) is 0 Å². The summed E-state index contributed by atoms with van der Waals surface area (Å²) in [6.45, 7) is 8.37. The Balaban J connectivity index is 2.32. The highest BCUT2D eigenvalue weighted by atomic mass is 15.1. The molecule has 0 atom stereocenters. The molecule has 0 radical (unpaired) electrons. The fraction of sp³-hybridized carbons (Fsp3) is 0.375. The molecule has 0 amide bonds. The molecule has 1 saturated heterocycles. The second kappa shape index (κ2) is 5.72. The average molecular weight is 227 g/mol. The van der Waals surface area contributed by atoms with E-state index < -0.39 is 0 Å². The monoisotopic (exact) mass is 227 g/mol. The lowest BCUT2D eigenvalue weighted by atomic mass is 10.0. The van der Waals surface area contributed by atoms with E-state index in [-0.39, 0.29) is 0 Å². The van der Waals surface area contributed by atoms with Crippen molar-refractivity contribution in [2.24, 2.45) is 0 Å². The molecule has 1 aromatic rings. The van der Waals surface area contributed by atoms with Gasteiger partial charge in [0.25, 0.3) is 0 Å². The maximum Gasteiger partial charge on any atom is 0.0442 e. The van der Waals surface area contributed by atoms with Gasteiger partial charge in [-0.1, -0.05) is 36.9 Å². The topological polar surface area (TPSA) is 3.24 Å². The summed E-state index contributed by atoms with van der Waals surface area (Å²) in [5, 5.41) is 0. The number of allylic oxidation sites excluding steroid dienone is 2. The van der Waals surface area contributed by atoms with E-state index in [0.29, 0.717) is 0 Å². The summed E-state index contributed by atoms with van der Waals surface area (Å²) < 4.78 is 0. The van der Waals surface area contributed by atoms with Crippen molar-refractivity contribution in [2.75, 3.05) is 13.1 Å². The van der Waals surface area contributed by atoms with Crippen molar-refractivity contribution in [3.63, 3.8) is 0 Å². The van der Waals surface area contributed by atoms with Gasteiger partial charge in [-0.2, -0.15) is 0 Å². The van der Waals surface area contributed by atoms with Crippen LogP contribution in [0.2, 0.25) is 0 Å². The van der Waals surface area contributed by atoms with Gasteiger partial charge in [0.15, 0.2) is 0 Å². The lowest BCUT2D eigenvalue weighted by Crippen LogP contribution is -2.28. The van der Waals surface area contributed by atoms with Crippen molar-refractivity contribution in [1.82, 2.24) is 4.90 Å². The van der Waals surface area contributed by atoms with Crippen molar-refractivity contribution in [1.29, 1.82) is 0 Å². The van der Waals surface area contributed by atoms with Crippen LogP contribution in [-0.4, -0.2) is 18.0 Å². The van der Waals surface area contributed by atoms with Gasteiger partial charge in [0.05, 0.1) is 0 Å². The van der Waals surface area contributed by atoms with Crippen molar-refractivity contribution in [3.05, 3.63) is 54.1 Å². The number of hydrogen-bond acceptors (Lipinski definition) is 1. The van der Waals surface area contributed by atoms with E-state index in [1.807, 2.05) is 6.08 Å². The molecule has 0 bridgehead atoms. The van der Waals surface area contributed by atoms with E-state index in [1.165, 1.54) is 49.2 Å². The summed E-state index contributed by atoms with van der Waals surface area (Å²) in [4.78, 5) is 2.49. The fourth-order valence-corrected chi connectivity index (χ4v) is 2.47. The third kappa shape index (κ3) is 2.79. The van der Waals surface area contributed by atoms with Crippen LogP contribution in [-0.2, 0) is 0 Å². The van der Waals surface area contributed by atoms with Gasteiger partial charge in [-0.25, -0.2) is 0 Å². The van der Waals surface area contributed by atoms with Gasteiger partial charge in [0, 0.05) is 24.4 Å². The molecule has 2 rings (SSSR count). The largest absolute Gasteiger partial charge is 0.371 e. The van der Waals surface area contributed by atoms with Crippen LogP contribution in [0.25, 0.3) is 5.70 Å². The molecule has 90 valence electrons. The SMILES string of the molecule is C=C/C=C(\c1ccccc1C)N1CCCCC1. The minimum atomic E-state index is 1.17. The van der Waals surface area contributed by atoms with Crippen LogP contribution < -0.4 is 0 Å². The second-order valence-electron chi connectivity index (χ2n) is 4.65. The third-order valence-electron chi connectivity index (χ3n) is 3.39. The summed E-state index contributed by atoms with van der Waals surface area (Å²) >= 11 is 0. The summed E-state index contributed by atoms with van der Waals surface area (Å²) in [7, 11) is 0. The zero-order valence-electron chi connectivity index (χ0n) is 10.7. The Bertz CT molecular complexity index is 411. The van der Waals surface area contributed by atoms with Crippen molar-refractivity contribution >= 4 is 5.70 Å². The minimum Gasteiger partial charge on any atom is -0.371 e. The summed E-state index contributed by atoms with van der Waals surface area (Å²) in [6, 6.07) is 8.60. The Labute approximate surface area is 104 Å². The molecule has 1 aliphatic rings. The number of hydrogen-bond donors (Lipinski definition) is 0. The first-order chi connectivity index (χ1) is 8.33. The van der Waals surface area contributed by atoms with Gasteiger partial charge in [0.1, 0.15) is 0 Å². The van der Waals surface area contributed by atoms with E-state index in [2.05, 4.69) is 48.7 Å². The van der Waals surface area contributed by atoms with Gasteiger partial charge < -0.3 is 4.90 Å². The quantitative estimate of drug-likeness (QED) is 0.705. The van der Waals surface area contributed by atoms with Crippen LogP contribution in [0.1, 0.15) is 30.4 Å². The molecule has 1 fully saturated rings. The van der Waals surface area contributed by atoms with Crippen molar-refractivity contribution < 1.29 is 0 Å². The molecule has 0 spiro atoms. The smallest absolute Gasteiger partial charge is 0.0442 e. The molecule has 0 aromatic heterocycles. The molecule has 1 nitrogen and oxygen atoms in total. The van der Waals surface area contributed by atoms with Crippen molar-refractivity contribution in [3.8, 4) is 0 Å². The van der Waals surface area contributed by atoms with Crippen LogP contribution in [0.5, 0.6) is 0 Å². The lowest BCUT2D eigenvalue weighted by molar-refractivity contribution is 0.326. The number of likely N-dealkylation sites (tertiary alicyclic amines) is 1. The minimum absolute atomic E-state index is 1.17. The number of nitrogens with zero attached hydrogens (tertiary/aromatic N) is 1.